The van der Waals surface area contributed by atoms with Gasteiger partial charge in [0.1, 0.15) is 5.82 Å². The lowest BCUT2D eigenvalue weighted by Gasteiger charge is -2.20. The van der Waals surface area contributed by atoms with E-state index in [9.17, 15) is 0 Å². The quantitative estimate of drug-likeness (QED) is 0.768. The Morgan fingerprint density at radius 2 is 1.93 bits per heavy atom. The van der Waals surface area contributed by atoms with Gasteiger partial charge in [-0.3, -0.25) is 4.98 Å². The number of fused-ring (bicyclic) bond motifs is 1. The van der Waals surface area contributed by atoms with E-state index in [-0.39, 0.29) is 24.8 Å². The average Bonchev–Trinajstić information content (AvgIpc) is 2.93. The predicted molar refractivity (Wildman–Crippen MR) is 119 cm³/mol. The van der Waals surface area contributed by atoms with E-state index >= 15 is 0 Å². The lowest BCUT2D eigenvalue weighted by atomic mass is 10.1. The summed E-state index contributed by atoms with van der Waals surface area (Å²) in [7, 11) is 2.24. The third kappa shape index (κ3) is 5.32. The highest BCUT2D eigenvalue weighted by Gasteiger charge is 2.21. The molecule has 2 aliphatic heterocycles. The molecule has 1 saturated heterocycles. The lowest BCUT2D eigenvalue weighted by Crippen LogP contribution is -2.27. The fourth-order valence-electron chi connectivity index (χ4n) is 4.02. The number of halogens is 2. The van der Waals surface area contributed by atoms with Crippen LogP contribution < -0.4 is 10.6 Å². The first-order chi connectivity index (χ1) is 12.8. The summed E-state index contributed by atoms with van der Waals surface area (Å²) in [5.74, 6) is 1.82. The molecule has 0 spiro atoms. The Balaban J connectivity index is 0.00000140. The lowest BCUT2D eigenvalue weighted by molar-refractivity contribution is 0.301. The van der Waals surface area contributed by atoms with E-state index in [0.717, 1.165) is 56.1 Å². The summed E-state index contributed by atoms with van der Waals surface area (Å²) >= 11 is 0. The highest BCUT2D eigenvalue weighted by molar-refractivity contribution is 5.85. The smallest absolute Gasteiger partial charge is 0.161 e. The molecule has 4 rings (SSSR count). The maximum absolute atomic E-state index is 4.89. The first kappa shape index (κ1) is 22.8. The van der Waals surface area contributed by atoms with Crippen LogP contribution in [-0.2, 0) is 12.8 Å². The Morgan fingerprint density at radius 3 is 2.68 bits per heavy atom. The molecule has 2 aromatic heterocycles. The van der Waals surface area contributed by atoms with Crippen LogP contribution in [0.4, 0.5) is 5.82 Å². The molecule has 0 amide bonds. The van der Waals surface area contributed by atoms with E-state index in [1.165, 1.54) is 30.6 Å². The number of hydrogen-bond acceptors (Lipinski definition) is 6. The summed E-state index contributed by atoms with van der Waals surface area (Å²) in [6.45, 7) is 4.16. The molecule has 4 heterocycles. The zero-order valence-electron chi connectivity index (χ0n) is 16.4. The first-order valence-electron chi connectivity index (χ1n) is 9.76. The van der Waals surface area contributed by atoms with Crippen molar-refractivity contribution < 1.29 is 0 Å². The van der Waals surface area contributed by atoms with Crippen molar-refractivity contribution in [3.8, 4) is 11.4 Å². The fourth-order valence-corrected chi connectivity index (χ4v) is 4.02. The van der Waals surface area contributed by atoms with Crippen molar-refractivity contribution in [1.82, 2.24) is 25.2 Å². The van der Waals surface area contributed by atoms with E-state index < -0.39 is 0 Å². The van der Waals surface area contributed by atoms with Crippen molar-refractivity contribution in [3.05, 3.63) is 35.8 Å². The SMILES string of the molecule is CN1CCCC1CCNc1nc(-c2ccncc2)nc2c1CCNCC2.Cl.Cl. The van der Waals surface area contributed by atoms with E-state index in [4.69, 9.17) is 9.97 Å². The van der Waals surface area contributed by atoms with Crippen LogP contribution in [0.5, 0.6) is 0 Å². The summed E-state index contributed by atoms with van der Waals surface area (Å²) in [6.07, 6.45) is 9.34. The number of pyridine rings is 1. The van der Waals surface area contributed by atoms with Crippen molar-refractivity contribution in [1.29, 1.82) is 0 Å². The highest BCUT2D eigenvalue weighted by Crippen LogP contribution is 2.25. The minimum Gasteiger partial charge on any atom is -0.370 e. The fraction of sp³-hybridized carbons (Fsp3) is 0.550. The molecule has 6 nitrogen and oxygen atoms in total. The van der Waals surface area contributed by atoms with Crippen molar-refractivity contribution in [3.63, 3.8) is 0 Å². The molecule has 0 aliphatic carbocycles. The van der Waals surface area contributed by atoms with E-state index in [0.29, 0.717) is 6.04 Å². The molecule has 0 aromatic carbocycles. The van der Waals surface area contributed by atoms with Gasteiger partial charge in [-0.2, -0.15) is 0 Å². The number of likely N-dealkylation sites (tertiary alicyclic amines) is 1. The number of hydrogen-bond donors (Lipinski definition) is 2. The van der Waals surface area contributed by atoms with Crippen LogP contribution in [0.25, 0.3) is 11.4 Å². The molecule has 8 heteroatoms. The number of anilines is 1. The van der Waals surface area contributed by atoms with Gasteiger partial charge in [-0.05, 0) is 58.0 Å². The van der Waals surface area contributed by atoms with Gasteiger partial charge in [0.2, 0.25) is 0 Å². The van der Waals surface area contributed by atoms with E-state index in [1.54, 1.807) is 12.4 Å². The van der Waals surface area contributed by atoms with Gasteiger partial charge in [-0.25, -0.2) is 9.97 Å². The van der Waals surface area contributed by atoms with Crippen LogP contribution in [0.2, 0.25) is 0 Å². The molecule has 154 valence electrons. The summed E-state index contributed by atoms with van der Waals surface area (Å²) in [4.78, 5) is 16.4. The average molecular weight is 425 g/mol. The van der Waals surface area contributed by atoms with Gasteiger partial charge < -0.3 is 15.5 Å². The van der Waals surface area contributed by atoms with E-state index in [2.05, 4.69) is 27.6 Å². The molecular weight excluding hydrogens is 395 g/mol. The maximum atomic E-state index is 4.89. The molecule has 2 aliphatic rings. The van der Waals surface area contributed by atoms with E-state index in [1.807, 2.05) is 12.1 Å². The van der Waals surface area contributed by atoms with Gasteiger partial charge >= 0.3 is 0 Å². The normalized spacial score (nSPS) is 19.1. The summed E-state index contributed by atoms with van der Waals surface area (Å²) in [6, 6.07) is 4.66. The summed E-state index contributed by atoms with van der Waals surface area (Å²) in [5.41, 5.74) is 3.49. The van der Waals surface area contributed by atoms with Crippen molar-refractivity contribution in [2.45, 2.75) is 38.1 Å². The second-order valence-corrected chi connectivity index (χ2v) is 7.30. The minimum atomic E-state index is 0. The van der Waals surface area contributed by atoms with Gasteiger partial charge in [0.05, 0.1) is 5.69 Å². The molecule has 1 atom stereocenters. The Bertz CT molecular complexity index is 743. The van der Waals surface area contributed by atoms with Crippen molar-refractivity contribution >= 4 is 30.6 Å². The van der Waals surface area contributed by atoms with Crippen LogP contribution in [-0.4, -0.2) is 59.1 Å². The Hall–Kier alpha value is -1.47. The second kappa shape index (κ2) is 10.9. The molecule has 0 bridgehead atoms. The molecule has 28 heavy (non-hydrogen) atoms. The minimum absolute atomic E-state index is 0. The Morgan fingerprint density at radius 1 is 1.14 bits per heavy atom. The number of aromatic nitrogens is 3. The third-order valence-corrected chi connectivity index (χ3v) is 5.56. The van der Waals surface area contributed by atoms with Crippen LogP contribution >= 0.6 is 24.8 Å². The van der Waals surface area contributed by atoms with Crippen LogP contribution in [0.15, 0.2) is 24.5 Å². The standard InChI is InChI=1S/C20H28N6.2ClH/c1-26-14-2-3-16(26)6-13-23-20-17-7-11-22-12-8-18(17)24-19(25-20)15-4-9-21-10-5-15;;/h4-5,9-10,16,22H,2-3,6-8,11-14H2,1H3,(H,23,24,25);2*1H. The van der Waals surface area contributed by atoms with Crippen molar-refractivity contribution in [2.75, 3.05) is 38.5 Å². The molecular formula is C20H30Cl2N6. The summed E-state index contributed by atoms with van der Waals surface area (Å²) < 4.78 is 0. The van der Waals surface area contributed by atoms with Gasteiger partial charge in [0.25, 0.3) is 0 Å². The molecule has 1 unspecified atom stereocenters. The number of nitrogens with zero attached hydrogens (tertiary/aromatic N) is 4. The molecule has 2 aromatic rings. The maximum Gasteiger partial charge on any atom is 0.161 e. The predicted octanol–water partition coefficient (Wildman–Crippen LogP) is 2.97. The Labute approximate surface area is 179 Å². The summed E-state index contributed by atoms with van der Waals surface area (Å²) in [5, 5.41) is 7.11. The number of nitrogens with one attached hydrogen (secondary N) is 2. The van der Waals surface area contributed by atoms with Gasteiger partial charge in [-0.15, -0.1) is 24.8 Å². The zero-order valence-corrected chi connectivity index (χ0v) is 18.0. The number of rotatable bonds is 5. The Kier molecular flexibility index (Phi) is 8.89. The molecule has 0 saturated carbocycles. The molecule has 1 fully saturated rings. The largest absolute Gasteiger partial charge is 0.370 e. The van der Waals surface area contributed by atoms with Crippen LogP contribution in [0.3, 0.4) is 0 Å². The molecule has 0 radical (unpaired) electrons. The van der Waals surface area contributed by atoms with Gasteiger partial charge in [0, 0.05) is 49.1 Å². The van der Waals surface area contributed by atoms with Gasteiger partial charge in [-0.1, -0.05) is 0 Å². The zero-order chi connectivity index (χ0) is 17.8. The first-order valence-corrected chi connectivity index (χ1v) is 9.76. The topological polar surface area (TPSA) is 66.0 Å². The van der Waals surface area contributed by atoms with Crippen LogP contribution in [0, 0.1) is 0 Å². The highest BCUT2D eigenvalue weighted by atomic mass is 35.5. The van der Waals surface area contributed by atoms with Crippen molar-refractivity contribution in [2.24, 2.45) is 0 Å². The molecule has 2 N–H and O–H groups in total. The van der Waals surface area contributed by atoms with Crippen LogP contribution in [0.1, 0.15) is 30.5 Å². The van der Waals surface area contributed by atoms with Gasteiger partial charge in [0.15, 0.2) is 5.82 Å². The second-order valence-electron chi connectivity index (χ2n) is 7.30. The monoisotopic (exact) mass is 424 g/mol. The third-order valence-electron chi connectivity index (χ3n) is 5.56.